The molecule has 0 bridgehead atoms. The van der Waals surface area contributed by atoms with E-state index in [9.17, 15) is 9.18 Å². The van der Waals surface area contributed by atoms with Gasteiger partial charge in [-0.05, 0) is 40.0 Å². The molecule has 0 spiro atoms. The molecule has 0 aliphatic rings. The van der Waals surface area contributed by atoms with Crippen molar-refractivity contribution in [2.75, 3.05) is 13.1 Å². The monoisotopic (exact) mass is 324 g/mol. The molecule has 1 aromatic carbocycles. The van der Waals surface area contributed by atoms with E-state index < -0.39 is 0 Å². The second-order valence-corrected chi connectivity index (χ2v) is 4.24. The molecule has 6 heteroatoms. The molecule has 0 aromatic heterocycles. The van der Waals surface area contributed by atoms with E-state index >= 15 is 0 Å². The topological polar surface area (TPSA) is 55.1 Å². The van der Waals surface area contributed by atoms with Crippen LogP contribution in [0.25, 0.3) is 0 Å². The number of benzene rings is 1. The number of rotatable bonds is 5. The van der Waals surface area contributed by atoms with Crippen LogP contribution < -0.4 is 11.1 Å². The number of nitrogens with two attached hydrogens (primary N) is 1. The van der Waals surface area contributed by atoms with E-state index in [1.165, 1.54) is 6.07 Å². The highest BCUT2D eigenvalue weighted by Gasteiger charge is 2.02. The highest BCUT2D eigenvalue weighted by molar-refractivity contribution is 9.10. The van der Waals surface area contributed by atoms with Crippen molar-refractivity contribution in [1.29, 1.82) is 0 Å². The zero-order valence-electron chi connectivity index (χ0n) is 9.21. The van der Waals surface area contributed by atoms with Gasteiger partial charge < -0.3 is 11.1 Å². The van der Waals surface area contributed by atoms with Gasteiger partial charge in [-0.3, -0.25) is 4.79 Å². The lowest BCUT2D eigenvalue weighted by Crippen LogP contribution is -2.27. The Morgan fingerprint density at radius 3 is 2.76 bits per heavy atom. The van der Waals surface area contributed by atoms with Crippen molar-refractivity contribution in [2.45, 2.75) is 12.8 Å². The zero-order chi connectivity index (χ0) is 12.0. The minimum absolute atomic E-state index is 0. The van der Waals surface area contributed by atoms with Crippen molar-refractivity contribution in [2.24, 2.45) is 5.73 Å². The van der Waals surface area contributed by atoms with Crippen LogP contribution in [0.4, 0.5) is 4.39 Å². The molecule has 3 nitrogen and oxygen atoms in total. The molecule has 0 aliphatic heterocycles. The summed E-state index contributed by atoms with van der Waals surface area (Å²) in [6.07, 6.45) is 1.02. The number of carbonyl (C=O) groups is 1. The molecule has 3 N–H and O–H groups in total. The average molecular weight is 326 g/mol. The van der Waals surface area contributed by atoms with E-state index in [1.54, 1.807) is 12.1 Å². The van der Waals surface area contributed by atoms with E-state index in [1.807, 2.05) is 0 Å². The molecule has 0 heterocycles. The molecule has 0 saturated carbocycles. The van der Waals surface area contributed by atoms with Crippen molar-refractivity contribution in [1.82, 2.24) is 5.32 Å². The first-order valence-corrected chi connectivity index (χ1v) is 5.83. The lowest BCUT2D eigenvalue weighted by molar-refractivity contribution is -0.120. The standard InChI is InChI=1S/C11H14BrFN2O.ClH/c12-9-7-8(1-2-10(9)13)4-6-15-11(16)3-5-14;/h1-2,7H,3-6,14H2,(H,15,16);1H. The maximum Gasteiger partial charge on any atom is 0.221 e. The van der Waals surface area contributed by atoms with Crippen LogP contribution in [0.2, 0.25) is 0 Å². The zero-order valence-corrected chi connectivity index (χ0v) is 11.6. The Labute approximate surface area is 114 Å². The van der Waals surface area contributed by atoms with E-state index in [0.717, 1.165) is 5.56 Å². The number of nitrogens with one attached hydrogen (secondary N) is 1. The van der Waals surface area contributed by atoms with Crippen LogP contribution in [-0.4, -0.2) is 19.0 Å². The fourth-order valence-corrected chi connectivity index (χ4v) is 1.69. The van der Waals surface area contributed by atoms with Crippen LogP contribution in [0.5, 0.6) is 0 Å². The van der Waals surface area contributed by atoms with Crippen LogP contribution in [0, 0.1) is 5.82 Å². The Balaban J connectivity index is 0.00000256. The molecule has 0 aliphatic carbocycles. The minimum Gasteiger partial charge on any atom is -0.356 e. The molecule has 0 saturated heterocycles. The Morgan fingerprint density at radius 1 is 1.47 bits per heavy atom. The molecule has 96 valence electrons. The predicted molar refractivity (Wildman–Crippen MR) is 71.7 cm³/mol. The summed E-state index contributed by atoms with van der Waals surface area (Å²) < 4.78 is 13.4. The summed E-state index contributed by atoms with van der Waals surface area (Å²) in [5, 5.41) is 2.74. The second-order valence-electron chi connectivity index (χ2n) is 3.39. The summed E-state index contributed by atoms with van der Waals surface area (Å²) >= 11 is 3.11. The average Bonchev–Trinajstić information content (AvgIpc) is 2.24. The Bertz CT molecular complexity index is 376. The number of halogens is 3. The predicted octanol–water partition coefficient (Wildman–Crippen LogP) is 2.02. The third kappa shape index (κ3) is 6.00. The van der Waals surface area contributed by atoms with Crippen LogP contribution >= 0.6 is 28.3 Å². The van der Waals surface area contributed by atoms with Crippen molar-refractivity contribution in [3.8, 4) is 0 Å². The first kappa shape index (κ1) is 16.4. The molecule has 0 unspecified atom stereocenters. The fraction of sp³-hybridized carbons (Fsp3) is 0.364. The maximum absolute atomic E-state index is 12.9. The highest BCUT2D eigenvalue weighted by Crippen LogP contribution is 2.16. The molecular weight excluding hydrogens is 310 g/mol. The molecule has 17 heavy (non-hydrogen) atoms. The Morgan fingerprint density at radius 2 is 2.18 bits per heavy atom. The number of hydrogen-bond donors (Lipinski definition) is 2. The smallest absolute Gasteiger partial charge is 0.221 e. The molecule has 0 radical (unpaired) electrons. The van der Waals surface area contributed by atoms with E-state index in [0.29, 0.717) is 30.4 Å². The summed E-state index contributed by atoms with van der Waals surface area (Å²) in [7, 11) is 0. The van der Waals surface area contributed by atoms with Crippen molar-refractivity contribution in [3.05, 3.63) is 34.1 Å². The highest BCUT2D eigenvalue weighted by atomic mass is 79.9. The van der Waals surface area contributed by atoms with Crippen LogP contribution in [0.1, 0.15) is 12.0 Å². The van der Waals surface area contributed by atoms with Gasteiger partial charge >= 0.3 is 0 Å². The van der Waals surface area contributed by atoms with Crippen molar-refractivity contribution >= 4 is 34.2 Å². The lowest BCUT2D eigenvalue weighted by Gasteiger charge is -2.05. The number of hydrogen-bond acceptors (Lipinski definition) is 2. The van der Waals surface area contributed by atoms with E-state index in [-0.39, 0.29) is 24.1 Å². The molecule has 0 fully saturated rings. The van der Waals surface area contributed by atoms with E-state index in [4.69, 9.17) is 5.73 Å². The Kier molecular flexibility index (Phi) is 8.12. The van der Waals surface area contributed by atoms with Gasteiger partial charge in [0.2, 0.25) is 5.91 Å². The summed E-state index contributed by atoms with van der Waals surface area (Å²) in [4.78, 5) is 11.1. The molecular formula is C11H15BrClFN2O. The largest absolute Gasteiger partial charge is 0.356 e. The van der Waals surface area contributed by atoms with Gasteiger partial charge in [0, 0.05) is 19.5 Å². The number of carbonyl (C=O) groups excluding carboxylic acids is 1. The normalized spacial score (nSPS) is 9.59. The third-order valence-electron chi connectivity index (χ3n) is 2.09. The minimum atomic E-state index is -0.282. The van der Waals surface area contributed by atoms with Gasteiger partial charge in [0.15, 0.2) is 0 Å². The Hall–Kier alpha value is -0.650. The fourth-order valence-electron chi connectivity index (χ4n) is 1.26. The quantitative estimate of drug-likeness (QED) is 0.870. The SMILES string of the molecule is Cl.NCCC(=O)NCCc1ccc(F)c(Br)c1. The van der Waals surface area contributed by atoms with Gasteiger partial charge in [-0.2, -0.15) is 0 Å². The maximum atomic E-state index is 12.9. The molecule has 1 amide bonds. The van der Waals surface area contributed by atoms with Gasteiger partial charge in [0.25, 0.3) is 0 Å². The van der Waals surface area contributed by atoms with Crippen LogP contribution in [-0.2, 0) is 11.2 Å². The van der Waals surface area contributed by atoms with Gasteiger partial charge in [0.05, 0.1) is 4.47 Å². The molecule has 0 atom stereocenters. The van der Waals surface area contributed by atoms with Gasteiger partial charge in [-0.1, -0.05) is 6.07 Å². The second kappa shape index (κ2) is 8.44. The molecule has 1 aromatic rings. The lowest BCUT2D eigenvalue weighted by atomic mass is 10.1. The first-order valence-electron chi connectivity index (χ1n) is 5.04. The summed E-state index contributed by atoms with van der Waals surface area (Å²) in [5.41, 5.74) is 6.21. The van der Waals surface area contributed by atoms with Gasteiger partial charge in [-0.25, -0.2) is 4.39 Å². The summed E-state index contributed by atoms with van der Waals surface area (Å²) in [6, 6.07) is 4.82. The van der Waals surface area contributed by atoms with Crippen molar-refractivity contribution < 1.29 is 9.18 Å². The number of amides is 1. The van der Waals surface area contributed by atoms with E-state index in [2.05, 4.69) is 21.2 Å². The summed E-state index contributed by atoms with van der Waals surface area (Å²) in [5.74, 6) is -0.334. The first-order chi connectivity index (χ1) is 7.63. The van der Waals surface area contributed by atoms with Gasteiger partial charge in [0.1, 0.15) is 5.82 Å². The van der Waals surface area contributed by atoms with Crippen LogP contribution in [0.15, 0.2) is 22.7 Å². The van der Waals surface area contributed by atoms with Crippen LogP contribution in [0.3, 0.4) is 0 Å². The third-order valence-corrected chi connectivity index (χ3v) is 2.70. The summed E-state index contributed by atoms with van der Waals surface area (Å²) in [6.45, 7) is 0.894. The molecule has 1 rings (SSSR count). The van der Waals surface area contributed by atoms with Crippen molar-refractivity contribution in [3.63, 3.8) is 0 Å². The van der Waals surface area contributed by atoms with Gasteiger partial charge in [-0.15, -0.1) is 12.4 Å².